The van der Waals surface area contributed by atoms with Crippen molar-refractivity contribution in [3.05, 3.63) is 35.1 Å². The summed E-state index contributed by atoms with van der Waals surface area (Å²) in [6.45, 7) is 0.862. The highest BCUT2D eigenvalue weighted by Gasteiger charge is 2.27. The van der Waals surface area contributed by atoms with E-state index in [4.69, 9.17) is 0 Å². The maximum atomic E-state index is 13.5. The van der Waals surface area contributed by atoms with Gasteiger partial charge in [0.2, 0.25) is 0 Å². The topological polar surface area (TPSA) is 32.3 Å². The minimum absolute atomic E-state index is 0. The summed E-state index contributed by atoms with van der Waals surface area (Å²) in [5.74, 6) is -4.05. The van der Waals surface area contributed by atoms with Crippen molar-refractivity contribution in [2.24, 2.45) is 0 Å². The average Bonchev–Trinajstić information content (AvgIpc) is 2.37. The van der Waals surface area contributed by atoms with Crippen LogP contribution in [0.15, 0.2) is 12.1 Å². The first kappa shape index (κ1) is 16.8. The molecule has 0 aromatic heterocycles. The van der Waals surface area contributed by atoms with E-state index >= 15 is 0 Å². The van der Waals surface area contributed by atoms with Crippen LogP contribution in [0.5, 0.6) is 0 Å². The quantitative estimate of drug-likeness (QED) is 0.909. The van der Waals surface area contributed by atoms with Crippen LogP contribution in [0.4, 0.5) is 13.2 Å². The van der Waals surface area contributed by atoms with Gasteiger partial charge in [-0.05, 0) is 19.9 Å². The van der Waals surface area contributed by atoms with E-state index in [1.807, 2.05) is 7.05 Å². The molecule has 1 amide bonds. The van der Waals surface area contributed by atoms with Gasteiger partial charge in [-0.15, -0.1) is 12.4 Å². The number of halogens is 4. The molecule has 0 radical (unpaired) electrons. The van der Waals surface area contributed by atoms with Gasteiger partial charge in [-0.2, -0.15) is 0 Å². The first-order valence-corrected chi connectivity index (χ1v) is 6.14. The number of benzene rings is 1. The molecule has 0 saturated carbocycles. The van der Waals surface area contributed by atoms with Crippen molar-refractivity contribution in [1.29, 1.82) is 0 Å². The van der Waals surface area contributed by atoms with Crippen LogP contribution in [0.2, 0.25) is 0 Å². The largest absolute Gasteiger partial charge is 0.338 e. The van der Waals surface area contributed by atoms with Crippen LogP contribution < -0.4 is 5.32 Å². The number of amides is 1. The Hall–Kier alpha value is -1.27. The van der Waals surface area contributed by atoms with E-state index in [1.165, 1.54) is 4.90 Å². The minimum atomic E-state index is -1.15. The number of likely N-dealkylation sites (tertiary alicyclic amines) is 1. The summed E-state index contributed by atoms with van der Waals surface area (Å²) in [5, 5.41) is 3.10. The monoisotopic (exact) mass is 308 g/mol. The first-order chi connectivity index (χ1) is 9.02. The van der Waals surface area contributed by atoms with E-state index in [9.17, 15) is 18.0 Å². The molecule has 2 rings (SSSR count). The highest BCUT2D eigenvalue weighted by Crippen LogP contribution is 2.19. The number of carbonyl (C=O) groups excluding carboxylic acids is 1. The van der Waals surface area contributed by atoms with E-state index in [0.29, 0.717) is 31.3 Å². The summed E-state index contributed by atoms with van der Waals surface area (Å²) in [7, 11) is 1.83. The summed E-state index contributed by atoms with van der Waals surface area (Å²) in [6, 6.07) is 1.36. The molecule has 1 aromatic carbocycles. The molecular weight excluding hydrogens is 293 g/mol. The average molecular weight is 309 g/mol. The summed E-state index contributed by atoms with van der Waals surface area (Å²) in [5.41, 5.74) is -0.677. The van der Waals surface area contributed by atoms with E-state index in [0.717, 1.165) is 12.8 Å². The predicted octanol–water partition coefficient (Wildman–Crippen LogP) is 2.35. The molecule has 7 heteroatoms. The van der Waals surface area contributed by atoms with E-state index in [2.05, 4.69) is 5.32 Å². The lowest BCUT2D eigenvalue weighted by Crippen LogP contribution is -2.44. The summed E-state index contributed by atoms with van der Waals surface area (Å²) >= 11 is 0. The number of piperidine rings is 1. The molecule has 1 fully saturated rings. The van der Waals surface area contributed by atoms with Gasteiger partial charge in [-0.3, -0.25) is 4.79 Å². The van der Waals surface area contributed by atoms with Crippen molar-refractivity contribution in [2.45, 2.75) is 18.9 Å². The molecular formula is C13H16ClF3N2O. The second-order valence-electron chi connectivity index (χ2n) is 4.60. The number of nitrogens with one attached hydrogen (secondary N) is 1. The van der Waals surface area contributed by atoms with Gasteiger partial charge in [0.1, 0.15) is 23.0 Å². The van der Waals surface area contributed by atoms with Gasteiger partial charge >= 0.3 is 0 Å². The maximum Gasteiger partial charge on any atom is 0.259 e. The lowest BCUT2D eigenvalue weighted by molar-refractivity contribution is 0.0697. The smallest absolute Gasteiger partial charge is 0.259 e. The molecule has 0 aliphatic carbocycles. The molecule has 1 aromatic rings. The third-order valence-electron chi connectivity index (χ3n) is 3.41. The maximum absolute atomic E-state index is 13.5. The normalized spacial score (nSPS) is 15.9. The van der Waals surface area contributed by atoms with Gasteiger partial charge in [0.05, 0.1) is 0 Å². The van der Waals surface area contributed by atoms with Gasteiger partial charge in [-0.1, -0.05) is 0 Å². The molecule has 1 N–H and O–H groups in total. The van der Waals surface area contributed by atoms with Gasteiger partial charge in [0, 0.05) is 31.3 Å². The van der Waals surface area contributed by atoms with Gasteiger partial charge in [-0.25, -0.2) is 13.2 Å². The SMILES string of the molecule is CNC1CCN(C(=O)c2c(F)cc(F)cc2F)CC1.Cl. The van der Waals surface area contributed by atoms with E-state index in [-0.39, 0.29) is 12.4 Å². The van der Waals surface area contributed by atoms with Gasteiger partial charge < -0.3 is 10.2 Å². The van der Waals surface area contributed by atoms with Crippen LogP contribution in [-0.4, -0.2) is 37.0 Å². The zero-order chi connectivity index (χ0) is 14.0. The molecule has 0 atom stereocenters. The first-order valence-electron chi connectivity index (χ1n) is 6.14. The molecule has 0 unspecified atom stereocenters. The van der Waals surface area contributed by atoms with Crippen molar-refractivity contribution in [1.82, 2.24) is 10.2 Å². The third kappa shape index (κ3) is 3.43. The van der Waals surface area contributed by atoms with Crippen LogP contribution in [0.3, 0.4) is 0 Å². The van der Waals surface area contributed by atoms with Crippen LogP contribution in [0.25, 0.3) is 0 Å². The van der Waals surface area contributed by atoms with E-state index < -0.39 is 28.9 Å². The fraction of sp³-hybridized carbons (Fsp3) is 0.462. The van der Waals surface area contributed by atoms with E-state index in [1.54, 1.807) is 0 Å². The Bertz CT molecular complexity index is 467. The standard InChI is InChI=1S/C13H15F3N2O.ClH/c1-17-9-2-4-18(5-3-9)13(19)12-10(15)6-8(14)7-11(12)16;/h6-7,9,17H,2-5H2,1H3;1H. The predicted molar refractivity (Wildman–Crippen MR) is 71.5 cm³/mol. The van der Waals surface area contributed by atoms with Crippen LogP contribution >= 0.6 is 12.4 Å². The Morgan fingerprint density at radius 1 is 1.20 bits per heavy atom. The number of hydrogen-bond donors (Lipinski definition) is 1. The number of nitrogens with zero attached hydrogens (tertiary/aromatic N) is 1. The molecule has 0 spiro atoms. The van der Waals surface area contributed by atoms with Crippen LogP contribution in [0.1, 0.15) is 23.2 Å². The zero-order valence-corrected chi connectivity index (χ0v) is 11.8. The van der Waals surface area contributed by atoms with Crippen molar-refractivity contribution < 1.29 is 18.0 Å². The summed E-state index contributed by atoms with van der Waals surface area (Å²) in [4.78, 5) is 13.4. The second kappa shape index (κ2) is 6.95. The minimum Gasteiger partial charge on any atom is -0.338 e. The Morgan fingerprint density at radius 3 is 2.15 bits per heavy atom. The van der Waals surface area contributed by atoms with Gasteiger partial charge in [0.15, 0.2) is 0 Å². The number of hydrogen-bond acceptors (Lipinski definition) is 2. The lowest BCUT2D eigenvalue weighted by Gasteiger charge is -2.32. The fourth-order valence-corrected chi connectivity index (χ4v) is 2.28. The molecule has 112 valence electrons. The molecule has 1 aliphatic heterocycles. The Kier molecular flexibility index (Phi) is 5.83. The molecule has 1 aliphatic rings. The highest BCUT2D eigenvalue weighted by atomic mass is 35.5. The molecule has 0 bridgehead atoms. The van der Waals surface area contributed by atoms with Crippen molar-refractivity contribution in [2.75, 3.05) is 20.1 Å². The second-order valence-corrected chi connectivity index (χ2v) is 4.60. The van der Waals surface area contributed by atoms with Crippen molar-refractivity contribution in [3.63, 3.8) is 0 Å². The number of rotatable bonds is 2. The molecule has 1 heterocycles. The van der Waals surface area contributed by atoms with Crippen LogP contribution in [-0.2, 0) is 0 Å². The Balaban J connectivity index is 0.00000200. The van der Waals surface area contributed by atoms with Crippen molar-refractivity contribution in [3.8, 4) is 0 Å². The van der Waals surface area contributed by atoms with Gasteiger partial charge in [0.25, 0.3) is 5.91 Å². The Morgan fingerprint density at radius 2 is 1.70 bits per heavy atom. The zero-order valence-electron chi connectivity index (χ0n) is 11.0. The van der Waals surface area contributed by atoms with Crippen LogP contribution in [0, 0.1) is 17.5 Å². The summed E-state index contributed by atoms with van der Waals surface area (Å²) in [6.07, 6.45) is 1.46. The lowest BCUT2D eigenvalue weighted by atomic mass is 10.0. The highest BCUT2D eigenvalue weighted by molar-refractivity contribution is 5.94. The Labute approximate surface area is 121 Å². The fourth-order valence-electron chi connectivity index (χ4n) is 2.28. The third-order valence-corrected chi connectivity index (χ3v) is 3.41. The summed E-state index contributed by atoms with van der Waals surface area (Å²) < 4.78 is 39.8. The molecule has 3 nitrogen and oxygen atoms in total. The van der Waals surface area contributed by atoms with Crippen molar-refractivity contribution >= 4 is 18.3 Å². The molecule has 20 heavy (non-hydrogen) atoms. The molecule has 1 saturated heterocycles. The number of carbonyl (C=O) groups is 1.